The van der Waals surface area contributed by atoms with E-state index in [1.807, 2.05) is 4.90 Å². The summed E-state index contributed by atoms with van der Waals surface area (Å²) in [5.74, 6) is 0.194. The molecule has 2 aliphatic rings. The number of rotatable bonds is 6. The van der Waals surface area contributed by atoms with Crippen LogP contribution in [0, 0.1) is 0 Å². The van der Waals surface area contributed by atoms with Crippen LogP contribution in [-0.4, -0.2) is 59.3 Å². The summed E-state index contributed by atoms with van der Waals surface area (Å²) in [6.07, 6.45) is 1.21. The van der Waals surface area contributed by atoms with Gasteiger partial charge in [-0.15, -0.1) is 38.0 Å². The fraction of sp³-hybridized carbons (Fsp3) is 0.455. The number of hydrogen-bond acceptors (Lipinski definition) is 5. The molecule has 1 amide bonds. The van der Waals surface area contributed by atoms with Crippen molar-refractivity contribution in [3.63, 3.8) is 0 Å². The molecular weight excluding hydrogens is 482 g/mol. The third-order valence-electron chi connectivity index (χ3n) is 5.57. The molecule has 0 radical (unpaired) electrons. The topological polar surface area (TPSA) is 54.9 Å². The van der Waals surface area contributed by atoms with Crippen LogP contribution in [0.25, 0.3) is 0 Å². The zero-order valence-electron chi connectivity index (χ0n) is 17.8. The summed E-state index contributed by atoms with van der Waals surface area (Å²) in [7, 11) is 0. The number of nitrogens with zero attached hydrogens (tertiary/aromatic N) is 3. The number of aromatic nitrogens is 1. The lowest BCUT2D eigenvalue weighted by atomic mass is 10.2. The van der Waals surface area contributed by atoms with Crippen molar-refractivity contribution >= 4 is 30.7 Å². The molecule has 0 bridgehead atoms. The first-order chi connectivity index (χ1) is 14.9. The van der Waals surface area contributed by atoms with Gasteiger partial charge in [-0.3, -0.25) is 4.79 Å². The maximum Gasteiger partial charge on any atom is 0.573 e. The van der Waals surface area contributed by atoms with Gasteiger partial charge in [0.1, 0.15) is 11.5 Å². The molecular formula is C22H26Cl2F3N3O3. The highest BCUT2D eigenvalue weighted by molar-refractivity contribution is 5.94. The Morgan fingerprint density at radius 1 is 0.970 bits per heavy atom. The lowest BCUT2D eigenvalue weighted by Crippen LogP contribution is -2.42. The minimum absolute atomic E-state index is 0. The molecule has 33 heavy (non-hydrogen) atoms. The molecule has 3 heterocycles. The first-order valence-corrected chi connectivity index (χ1v) is 10.4. The SMILES string of the molecule is Cl.Cl.O=C(c1ccc(Oc2ccc(OC(F)(F)F)cc2)nc1)N1CCCC1CN1CCCC1. The van der Waals surface area contributed by atoms with E-state index in [1.165, 1.54) is 31.2 Å². The van der Waals surface area contributed by atoms with E-state index in [0.717, 1.165) is 51.2 Å². The van der Waals surface area contributed by atoms with E-state index in [1.54, 1.807) is 12.1 Å². The van der Waals surface area contributed by atoms with Gasteiger partial charge < -0.3 is 19.3 Å². The molecule has 0 aliphatic carbocycles. The van der Waals surface area contributed by atoms with Crippen LogP contribution in [-0.2, 0) is 0 Å². The lowest BCUT2D eigenvalue weighted by molar-refractivity contribution is -0.274. The van der Waals surface area contributed by atoms with E-state index >= 15 is 0 Å². The summed E-state index contributed by atoms with van der Waals surface area (Å²) in [5.41, 5.74) is 0.495. The second-order valence-electron chi connectivity index (χ2n) is 7.81. The number of alkyl halides is 3. The number of benzene rings is 1. The van der Waals surface area contributed by atoms with E-state index in [4.69, 9.17) is 4.74 Å². The summed E-state index contributed by atoms with van der Waals surface area (Å²) >= 11 is 0. The first kappa shape index (κ1) is 27.0. The van der Waals surface area contributed by atoms with Crippen LogP contribution in [0.1, 0.15) is 36.0 Å². The van der Waals surface area contributed by atoms with Crippen molar-refractivity contribution in [3.8, 4) is 17.4 Å². The Balaban J connectivity index is 0.00000193. The van der Waals surface area contributed by atoms with Gasteiger partial charge in [-0.05, 0) is 69.1 Å². The summed E-state index contributed by atoms with van der Waals surface area (Å²) in [4.78, 5) is 21.5. The minimum atomic E-state index is -4.74. The number of carbonyl (C=O) groups is 1. The second-order valence-corrected chi connectivity index (χ2v) is 7.81. The summed E-state index contributed by atoms with van der Waals surface area (Å²) in [6.45, 7) is 3.89. The molecule has 6 nitrogen and oxygen atoms in total. The van der Waals surface area contributed by atoms with Gasteiger partial charge in [0.15, 0.2) is 0 Å². The van der Waals surface area contributed by atoms with E-state index < -0.39 is 6.36 Å². The Hall–Kier alpha value is -2.23. The molecule has 0 saturated carbocycles. The number of ether oxygens (including phenoxy) is 2. The average Bonchev–Trinajstić information content (AvgIpc) is 3.41. The van der Waals surface area contributed by atoms with Crippen LogP contribution in [0.2, 0.25) is 0 Å². The third kappa shape index (κ3) is 7.38. The fourth-order valence-corrected chi connectivity index (χ4v) is 4.12. The highest BCUT2D eigenvalue weighted by Gasteiger charge is 2.32. The van der Waals surface area contributed by atoms with Gasteiger partial charge in [-0.2, -0.15) is 0 Å². The van der Waals surface area contributed by atoms with Crippen molar-refractivity contribution in [1.82, 2.24) is 14.8 Å². The predicted molar refractivity (Wildman–Crippen MR) is 122 cm³/mol. The quantitative estimate of drug-likeness (QED) is 0.529. The summed E-state index contributed by atoms with van der Waals surface area (Å²) in [6, 6.07) is 8.52. The van der Waals surface area contributed by atoms with Gasteiger partial charge in [0.2, 0.25) is 5.88 Å². The van der Waals surface area contributed by atoms with E-state index in [2.05, 4.69) is 14.6 Å². The highest BCUT2D eigenvalue weighted by atomic mass is 35.5. The van der Waals surface area contributed by atoms with Crippen LogP contribution in [0.5, 0.6) is 17.4 Å². The Kier molecular flexibility index (Phi) is 9.63. The molecule has 0 spiro atoms. The number of likely N-dealkylation sites (tertiary alicyclic amines) is 2. The van der Waals surface area contributed by atoms with Crippen molar-refractivity contribution in [3.05, 3.63) is 48.2 Å². The molecule has 0 N–H and O–H groups in total. The van der Waals surface area contributed by atoms with Crippen LogP contribution in [0.4, 0.5) is 13.2 Å². The van der Waals surface area contributed by atoms with Gasteiger partial charge in [-0.25, -0.2) is 4.98 Å². The molecule has 1 aromatic heterocycles. The van der Waals surface area contributed by atoms with Gasteiger partial charge in [0, 0.05) is 31.4 Å². The molecule has 11 heteroatoms. The second kappa shape index (κ2) is 11.8. The summed E-state index contributed by atoms with van der Waals surface area (Å²) < 4.78 is 46.1. The zero-order chi connectivity index (χ0) is 21.8. The van der Waals surface area contributed by atoms with Gasteiger partial charge in [-0.1, -0.05) is 0 Å². The average molecular weight is 508 g/mol. The van der Waals surface area contributed by atoms with Crippen molar-refractivity contribution in [1.29, 1.82) is 0 Å². The molecule has 2 saturated heterocycles. The Morgan fingerprint density at radius 2 is 1.64 bits per heavy atom. The van der Waals surface area contributed by atoms with Crippen LogP contribution in [0.15, 0.2) is 42.6 Å². The highest BCUT2D eigenvalue weighted by Crippen LogP contribution is 2.27. The lowest BCUT2D eigenvalue weighted by Gasteiger charge is -2.28. The molecule has 1 unspecified atom stereocenters. The third-order valence-corrected chi connectivity index (χ3v) is 5.57. The maximum atomic E-state index is 13.0. The maximum absolute atomic E-state index is 13.0. The van der Waals surface area contributed by atoms with Gasteiger partial charge in [0.25, 0.3) is 5.91 Å². The van der Waals surface area contributed by atoms with Gasteiger partial charge >= 0.3 is 6.36 Å². The normalized spacial score (nSPS) is 18.4. The number of pyridine rings is 1. The molecule has 1 atom stereocenters. The van der Waals surface area contributed by atoms with Crippen molar-refractivity contribution in [2.75, 3.05) is 26.2 Å². The van der Waals surface area contributed by atoms with Gasteiger partial charge in [0.05, 0.1) is 5.56 Å². The molecule has 2 aromatic rings. The Labute approximate surface area is 202 Å². The molecule has 182 valence electrons. The van der Waals surface area contributed by atoms with Crippen molar-refractivity contribution < 1.29 is 27.4 Å². The molecule has 2 aliphatic heterocycles. The smallest absolute Gasteiger partial charge is 0.439 e. The Morgan fingerprint density at radius 3 is 2.24 bits per heavy atom. The molecule has 1 aromatic carbocycles. The zero-order valence-corrected chi connectivity index (χ0v) is 19.4. The fourth-order valence-electron chi connectivity index (χ4n) is 4.12. The molecule has 4 rings (SSSR count). The predicted octanol–water partition coefficient (Wildman–Crippen LogP) is 5.32. The van der Waals surface area contributed by atoms with Crippen LogP contribution in [0.3, 0.4) is 0 Å². The first-order valence-electron chi connectivity index (χ1n) is 10.4. The number of amides is 1. The van der Waals surface area contributed by atoms with E-state index in [9.17, 15) is 18.0 Å². The standard InChI is InChI=1S/C22H24F3N3O3.2ClH/c23-22(24,25)31-19-8-6-18(7-9-19)30-20-10-5-16(14-26-20)21(29)28-13-3-4-17(28)15-27-11-1-2-12-27;;/h5-10,14,17H,1-4,11-13,15H2;2*1H. The number of carbonyl (C=O) groups excluding carboxylic acids is 1. The summed E-state index contributed by atoms with van der Waals surface area (Å²) in [5, 5.41) is 0. The Bertz CT molecular complexity index is 892. The van der Waals surface area contributed by atoms with E-state index in [-0.39, 0.29) is 48.4 Å². The van der Waals surface area contributed by atoms with Crippen molar-refractivity contribution in [2.24, 2.45) is 0 Å². The van der Waals surface area contributed by atoms with Crippen LogP contribution < -0.4 is 9.47 Å². The van der Waals surface area contributed by atoms with E-state index in [0.29, 0.717) is 11.3 Å². The minimum Gasteiger partial charge on any atom is -0.439 e. The molecule has 2 fully saturated rings. The van der Waals surface area contributed by atoms with Crippen LogP contribution >= 0.6 is 24.8 Å². The number of hydrogen-bond donors (Lipinski definition) is 0. The number of halogens is 5. The largest absolute Gasteiger partial charge is 0.573 e. The van der Waals surface area contributed by atoms with Crippen molar-refractivity contribution in [2.45, 2.75) is 38.1 Å². The monoisotopic (exact) mass is 507 g/mol.